The summed E-state index contributed by atoms with van der Waals surface area (Å²) in [6.07, 6.45) is 1.04. The topological polar surface area (TPSA) is 29.3 Å². The lowest BCUT2D eigenvalue weighted by Gasteiger charge is -2.24. The average Bonchev–Trinajstić information content (AvgIpc) is 2.47. The van der Waals surface area contributed by atoms with Gasteiger partial charge in [-0.05, 0) is 35.7 Å². The molecule has 0 heterocycles. The molecule has 0 aliphatic heterocycles. The monoisotopic (exact) mass is 272 g/mol. The third-order valence-corrected chi connectivity index (χ3v) is 3.38. The van der Waals surface area contributed by atoms with Crippen LogP contribution in [0, 0.1) is 5.82 Å². The van der Waals surface area contributed by atoms with Gasteiger partial charge >= 0.3 is 0 Å². The van der Waals surface area contributed by atoms with Gasteiger partial charge in [0.05, 0.1) is 0 Å². The Morgan fingerprint density at radius 1 is 1.05 bits per heavy atom. The van der Waals surface area contributed by atoms with Gasteiger partial charge < -0.3 is 10.6 Å². The quantitative estimate of drug-likeness (QED) is 0.873. The van der Waals surface area contributed by atoms with Gasteiger partial charge in [0, 0.05) is 25.3 Å². The summed E-state index contributed by atoms with van der Waals surface area (Å²) in [6.45, 7) is 4.13. The van der Waals surface area contributed by atoms with Crippen LogP contribution in [0.3, 0.4) is 0 Å². The highest BCUT2D eigenvalue weighted by atomic mass is 19.1. The van der Waals surface area contributed by atoms with E-state index < -0.39 is 0 Å². The average molecular weight is 272 g/mol. The number of nitrogens with two attached hydrogens (primary N) is 1. The summed E-state index contributed by atoms with van der Waals surface area (Å²) in [5.74, 6) is -0.217. The van der Waals surface area contributed by atoms with E-state index in [0.717, 1.165) is 18.7 Å². The van der Waals surface area contributed by atoms with E-state index in [1.165, 1.54) is 17.2 Å². The fourth-order valence-corrected chi connectivity index (χ4v) is 2.23. The number of hydrogen-bond acceptors (Lipinski definition) is 2. The molecule has 0 unspecified atom stereocenters. The molecule has 0 saturated carbocycles. The Hall–Kier alpha value is -1.87. The third-order valence-electron chi connectivity index (χ3n) is 3.38. The normalized spacial score (nSPS) is 10.6. The van der Waals surface area contributed by atoms with E-state index in [1.54, 1.807) is 12.1 Å². The summed E-state index contributed by atoms with van der Waals surface area (Å²) in [5, 5.41) is 0. The minimum absolute atomic E-state index is 0.217. The van der Waals surface area contributed by atoms with Crippen LogP contribution in [0.2, 0.25) is 0 Å². The molecule has 0 saturated heterocycles. The zero-order chi connectivity index (χ0) is 14.4. The van der Waals surface area contributed by atoms with Crippen LogP contribution >= 0.6 is 0 Å². The first-order valence-corrected chi connectivity index (χ1v) is 7.01. The molecule has 3 heteroatoms. The second-order valence-electron chi connectivity index (χ2n) is 4.86. The van der Waals surface area contributed by atoms with Crippen LogP contribution in [0.5, 0.6) is 0 Å². The standard InChI is InChI=1S/C17H21FN2/c1-2-14-6-8-15(9-7-14)13-20(11-10-19)17-5-3-4-16(18)12-17/h3-9,12H,2,10-11,13,19H2,1H3. The number of hydrogen-bond donors (Lipinski definition) is 1. The molecule has 0 fully saturated rings. The zero-order valence-electron chi connectivity index (χ0n) is 11.8. The first-order valence-electron chi connectivity index (χ1n) is 7.01. The highest BCUT2D eigenvalue weighted by Crippen LogP contribution is 2.18. The van der Waals surface area contributed by atoms with Gasteiger partial charge in [0.25, 0.3) is 0 Å². The van der Waals surface area contributed by atoms with Crippen molar-refractivity contribution in [2.24, 2.45) is 5.73 Å². The van der Waals surface area contributed by atoms with Crippen molar-refractivity contribution >= 4 is 5.69 Å². The van der Waals surface area contributed by atoms with E-state index in [1.807, 2.05) is 6.07 Å². The second-order valence-corrected chi connectivity index (χ2v) is 4.86. The van der Waals surface area contributed by atoms with Crippen LogP contribution < -0.4 is 10.6 Å². The molecule has 0 bridgehead atoms. The minimum atomic E-state index is -0.217. The predicted molar refractivity (Wildman–Crippen MR) is 82.3 cm³/mol. The molecular formula is C17H21FN2. The first kappa shape index (κ1) is 14.5. The SMILES string of the molecule is CCc1ccc(CN(CCN)c2cccc(F)c2)cc1. The van der Waals surface area contributed by atoms with Crippen LogP contribution in [0.25, 0.3) is 0 Å². The summed E-state index contributed by atoms with van der Waals surface area (Å²) in [6, 6.07) is 15.2. The summed E-state index contributed by atoms with van der Waals surface area (Å²) in [5.41, 5.74) is 9.07. The highest BCUT2D eigenvalue weighted by Gasteiger charge is 2.07. The zero-order valence-corrected chi connectivity index (χ0v) is 11.8. The molecule has 2 nitrogen and oxygen atoms in total. The Kier molecular flexibility index (Phi) is 5.13. The lowest BCUT2D eigenvalue weighted by atomic mass is 10.1. The summed E-state index contributed by atoms with van der Waals surface area (Å²) >= 11 is 0. The van der Waals surface area contributed by atoms with E-state index in [9.17, 15) is 4.39 Å². The maximum atomic E-state index is 13.3. The fraction of sp³-hybridized carbons (Fsp3) is 0.294. The minimum Gasteiger partial charge on any atom is -0.366 e. The van der Waals surface area contributed by atoms with Crippen LogP contribution in [0.4, 0.5) is 10.1 Å². The first-order chi connectivity index (χ1) is 9.72. The van der Waals surface area contributed by atoms with Crippen molar-refractivity contribution in [2.45, 2.75) is 19.9 Å². The number of anilines is 1. The Bertz CT molecular complexity index is 537. The molecule has 0 atom stereocenters. The third kappa shape index (κ3) is 3.81. The van der Waals surface area contributed by atoms with Crippen LogP contribution in [0.1, 0.15) is 18.1 Å². The molecule has 0 aliphatic rings. The van der Waals surface area contributed by atoms with Crippen molar-refractivity contribution < 1.29 is 4.39 Å². The highest BCUT2D eigenvalue weighted by molar-refractivity contribution is 5.47. The van der Waals surface area contributed by atoms with Crippen LogP contribution in [-0.2, 0) is 13.0 Å². The van der Waals surface area contributed by atoms with Crippen molar-refractivity contribution in [3.05, 3.63) is 65.5 Å². The van der Waals surface area contributed by atoms with Gasteiger partial charge in [0.2, 0.25) is 0 Å². The molecule has 2 N–H and O–H groups in total. The van der Waals surface area contributed by atoms with E-state index in [4.69, 9.17) is 5.73 Å². The smallest absolute Gasteiger partial charge is 0.125 e. The molecule has 0 aliphatic carbocycles. The van der Waals surface area contributed by atoms with Crippen molar-refractivity contribution in [3.63, 3.8) is 0 Å². The van der Waals surface area contributed by atoms with Gasteiger partial charge in [-0.25, -0.2) is 4.39 Å². The molecule has 2 aromatic rings. The van der Waals surface area contributed by atoms with Crippen LogP contribution in [0.15, 0.2) is 48.5 Å². The summed E-state index contributed by atoms with van der Waals surface area (Å²) in [4.78, 5) is 2.10. The molecular weight excluding hydrogens is 251 g/mol. The van der Waals surface area contributed by atoms with E-state index >= 15 is 0 Å². The Balaban J connectivity index is 2.16. The molecule has 2 aromatic carbocycles. The Morgan fingerprint density at radius 2 is 1.75 bits per heavy atom. The number of halogens is 1. The number of nitrogens with zero attached hydrogens (tertiary/aromatic N) is 1. The molecule has 0 aromatic heterocycles. The largest absolute Gasteiger partial charge is 0.366 e. The van der Waals surface area contributed by atoms with Crippen molar-refractivity contribution in [1.29, 1.82) is 0 Å². The Morgan fingerprint density at radius 3 is 2.35 bits per heavy atom. The molecule has 2 rings (SSSR count). The summed E-state index contributed by atoms with van der Waals surface area (Å²) in [7, 11) is 0. The number of rotatable bonds is 6. The molecule has 106 valence electrons. The van der Waals surface area contributed by atoms with Crippen molar-refractivity contribution in [3.8, 4) is 0 Å². The van der Waals surface area contributed by atoms with Crippen molar-refractivity contribution in [2.75, 3.05) is 18.0 Å². The van der Waals surface area contributed by atoms with Gasteiger partial charge in [0.15, 0.2) is 0 Å². The number of aryl methyl sites for hydroxylation is 1. The van der Waals surface area contributed by atoms with Crippen molar-refractivity contribution in [1.82, 2.24) is 0 Å². The summed E-state index contributed by atoms with van der Waals surface area (Å²) < 4.78 is 13.3. The van der Waals surface area contributed by atoms with Gasteiger partial charge in [-0.15, -0.1) is 0 Å². The molecule has 0 spiro atoms. The van der Waals surface area contributed by atoms with Gasteiger partial charge in [-0.2, -0.15) is 0 Å². The molecule has 20 heavy (non-hydrogen) atoms. The maximum absolute atomic E-state index is 13.3. The lowest BCUT2D eigenvalue weighted by molar-refractivity contribution is 0.626. The second kappa shape index (κ2) is 7.06. The lowest BCUT2D eigenvalue weighted by Crippen LogP contribution is -2.29. The van der Waals surface area contributed by atoms with Gasteiger partial charge in [0.1, 0.15) is 5.82 Å². The Labute approximate surface area is 120 Å². The van der Waals surface area contributed by atoms with E-state index in [2.05, 4.69) is 36.1 Å². The van der Waals surface area contributed by atoms with Gasteiger partial charge in [-0.1, -0.05) is 37.3 Å². The number of benzene rings is 2. The van der Waals surface area contributed by atoms with E-state index in [0.29, 0.717) is 13.1 Å². The predicted octanol–water partition coefficient (Wildman–Crippen LogP) is 3.35. The van der Waals surface area contributed by atoms with Gasteiger partial charge in [-0.3, -0.25) is 0 Å². The molecule has 0 radical (unpaired) electrons. The van der Waals surface area contributed by atoms with E-state index in [-0.39, 0.29) is 5.82 Å². The fourth-order valence-electron chi connectivity index (χ4n) is 2.23. The van der Waals surface area contributed by atoms with Crippen LogP contribution in [-0.4, -0.2) is 13.1 Å². The maximum Gasteiger partial charge on any atom is 0.125 e. The molecule has 0 amide bonds.